The molecule has 0 amide bonds. The number of ketones is 1. The Bertz CT molecular complexity index is 415. The number of hydrogen-bond acceptors (Lipinski definition) is 2. The monoisotopic (exact) mass is 216 g/mol. The summed E-state index contributed by atoms with van der Waals surface area (Å²) in [6.45, 7) is 1.65. The minimum atomic E-state index is 0.193. The van der Waals surface area contributed by atoms with Crippen LogP contribution in [0.3, 0.4) is 0 Å². The van der Waals surface area contributed by atoms with Gasteiger partial charge >= 0.3 is 0 Å². The van der Waals surface area contributed by atoms with Gasteiger partial charge in [-0.2, -0.15) is 0 Å². The van der Waals surface area contributed by atoms with Crippen LogP contribution in [0.15, 0.2) is 35.9 Å². The second-order valence-electron chi connectivity index (χ2n) is 4.12. The topological polar surface area (TPSA) is 26.3 Å². The van der Waals surface area contributed by atoms with Crippen molar-refractivity contribution in [1.82, 2.24) is 0 Å². The van der Waals surface area contributed by atoms with Crippen molar-refractivity contribution in [3.8, 4) is 5.75 Å². The maximum atomic E-state index is 11.5. The number of rotatable bonds is 3. The van der Waals surface area contributed by atoms with Gasteiger partial charge < -0.3 is 4.74 Å². The summed E-state index contributed by atoms with van der Waals surface area (Å²) in [6.07, 6.45) is 4.12. The quantitative estimate of drug-likeness (QED) is 0.776. The van der Waals surface area contributed by atoms with Crippen molar-refractivity contribution in [1.29, 1.82) is 0 Å². The van der Waals surface area contributed by atoms with Gasteiger partial charge in [-0.15, -0.1) is 0 Å². The highest BCUT2D eigenvalue weighted by Gasteiger charge is 2.23. The van der Waals surface area contributed by atoms with E-state index in [1.165, 1.54) is 5.56 Å². The Hall–Kier alpha value is -1.57. The summed E-state index contributed by atoms with van der Waals surface area (Å²) in [5, 5.41) is 0. The van der Waals surface area contributed by atoms with Crippen LogP contribution in [-0.4, -0.2) is 12.9 Å². The fraction of sp³-hybridized carbons (Fsp3) is 0.357. The van der Waals surface area contributed by atoms with Gasteiger partial charge in [-0.25, -0.2) is 0 Å². The van der Waals surface area contributed by atoms with E-state index >= 15 is 0 Å². The molecule has 0 bridgehead atoms. The molecule has 1 aromatic carbocycles. The predicted molar refractivity (Wildman–Crippen MR) is 63.7 cm³/mol. The van der Waals surface area contributed by atoms with Crippen molar-refractivity contribution in [2.75, 3.05) is 7.11 Å². The van der Waals surface area contributed by atoms with Crippen molar-refractivity contribution in [2.24, 2.45) is 0 Å². The molecule has 0 aliphatic heterocycles. The lowest BCUT2D eigenvalue weighted by molar-refractivity contribution is -0.113. The molecule has 1 aliphatic rings. The molecule has 0 heterocycles. The fourth-order valence-electron chi connectivity index (χ4n) is 2.27. The molecule has 0 saturated carbocycles. The first-order valence-corrected chi connectivity index (χ1v) is 5.57. The van der Waals surface area contributed by atoms with Crippen molar-refractivity contribution < 1.29 is 9.53 Å². The molecule has 1 unspecified atom stereocenters. The van der Waals surface area contributed by atoms with Gasteiger partial charge in [0.1, 0.15) is 5.75 Å². The number of allylic oxidation sites excluding steroid dienone is 2. The molecule has 2 rings (SSSR count). The van der Waals surface area contributed by atoms with E-state index in [0.29, 0.717) is 0 Å². The lowest BCUT2D eigenvalue weighted by Crippen LogP contribution is -2.04. The molecule has 0 fully saturated rings. The van der Waals surface area contributed by atoms with Gasteiger partial charge in [-0.05, 0) is 43.0 Å². The van der Waals surface area contributed by atoms with E-state index in [1.807, 2.05) is 24.3 Å². The molecule has 84 valence electrons. The zero-order valence-electron chi connectivity index (χ0n) is 9.69. The molecule has 16 heavy (non-hydrogen) atoms. The second-order valence-corrected chi connectivity index (χ2v) is 4.12. The first-order valence-electron chi connectivity index (χ1n) is 5.57. The minimum absolute atomic E-state index is 0.193. The van der Waals surface area contributed by atoms with Gasteiger partial charge in [0.05, 0.1) is 7.11 Å². The second kappa shape index (κ2) is 4.52. The van der Waals surface area contributed by atoms with Crippen LogP contribution in [0.4, 0.5) is 0 Å². The van der Waals surface area contributed by atoms with Crippen LogP contribution >= 0.6 is 0 Å². The largest absolute Gasteiger partial charge is 0.497 e. The zero-order valence-corrected chi connectivity index (χ0v) is 9.69. The van der Waals surface area contributed by atoms with Crippen LogP contribution in [0.1, 0.15) is 31.2 Å². The number of benzene rings is 1. The Labute approximate surface area is 95.9 Å². The first kappa shape index (κ1) is 10.9. The predicted octanol–water partition coefficient (Wildman–Crippen LogP) is 3.09. The SMILES string of the molecule is COc1ccc(C2CCC=C2C(C)=O)cc1. The number of methoxy groups -OCH3 is 1. The number of Topliss-reactive ketones (excluding diaryl/α,β-unsaturated/α-hetero) is 1. The van der Waals surface area contributed by atoms with Crippen LogP contribution < -0.4 is 4.74 Å². The van der Waals surface area contributed by atoms with E-state index < -0.39 is 0 Å². The van der Waals surface area contributed by atoms with E-state index in [-0.39, 0.29) is 11.7 Å². The zero-order chi connectivity index (χ0) is 11.5. The third-order valence-corrected chi connectivity index (χ3v) is 3.12. The molecule has 0 spiro atoms. The molecule has 1 atom stereocenters. The lowest BCUT2D eigenvalue weighted by atomic mass is 9.91. The van der Waals surface area contributed by atoms with Gasteiger partial charge in [0.25, 0.3) is 0 Å². The van der Waals surface area contributed by atoms with Crippen molar-refractivity contribution >= 4 is 5.78 Å². The summed E-state index contributed by atoms with van der Waals surface area (Å²) >= 11 is 0. The number of ether oxygens (including phenoxy) is 1. The van der Waals surface area contributed by atoms with E-state index in [0.717, 1.165) is 24.2 Å². The normalized spacial score (nSPS) is 19.4. The van der Waals surface area contributed by atoms with E-state index in [2.05, 4.69) is 6.08 Å². The van der Waals surface area contributed by atoms with Crippen LogP contribution in [0.25, 0.3) is 0 Å². The first-order chi connectivity index (χ1) is 7.72. The van der Waals surface area contributed by atoms with Gasteiger partial charge in [-0.3, -0.25) is 4.79 Å². The molecule has 0 radical (unpaired) electrons. The molecular formula is C14H16O2. The average molecular weight is 216 g/mol. The Morgan fingerprint density at radius 3 is 2.56 bits per heavy atom. The smallest absolute Gasteiger partial charge is 0.156 e. The Morgan fingerprint density at radius 2 is 2.00 bits per heavy atom. The van der Waals surface area contributed by atoms with Crippen molar-refractivity contribution in [2.45, 2.75) is 25.7 Å². The van der Waals surface area contributed by atoms with Crippen LogP contribution in [0.2, 0.25) is 0 Å². The van der Waals surface area contributed by atoms with Crippen molar-refractivity contribution in [3.63, 3.8) is 0 Å². The molecule has 0 aromatic heterocycles. The summed E-state index contributed by atoms with van der Waals surface area (Å²) in [5.41, 5.74) is 2.17. The highest BCUT2D eigenvalue weighted by Crippen LogP contribution is 2.36. The van der Waals surface area contributed by atoms with Crippen LogP contribution in [0, 0.1) is 0 Å². The highest BCUT2D eigenvalue weighted by atomic mass is 16.5. The van der Waals surface area contributed by atoms with Gasteiger partial charge in [0.15, 0.2) is 5.78 Å². The van der Waals surface area contributed by atoms with Crippen LogP contribution in [0.5, 0.6) is 5.75 Å². The maximum Gasteiger partial charge on any atom is 0.156 e. The maximum absolute atomic E-state index is 11.5. The van der Waals surface area contributed by atoms with E-state index in [1.54, 1.807) is 14.0 Å². The number of carbonyl (C=O) groups excluding carboxylic acids is 1. The van der Waals surface area contributed by atoms with Crippen LogP contribution in [-0.2, 0) is 4.79 Å². The third-order valence-electron chi connectivity index (χ3n) is 3.12. The van der Waals surface area contributed by atoms with E-state index in [9.17, 15) is 4.79 Å². The van der Waals surface area contributed by atoms with E-state index in [4.69, 9.17) is 4.74 Å². The fourth-order valence-corrected chi connectivity index (χ4v) is 2.27. The molecule has 0 N–H and O–H groups in total. The number of carbonyl (C=O) groups is 1. The molecule has 1 aromatic rings. The summed E-state index contributed by atoms with van der Waals surface area (Å²) in [7, 11) is 1.66. The average Bonchev–Trinajstić information content (AvgIpc) is 2.78. The Morgan fingerprint density at radius 1 is 1.31 bits per heavy atom. The van der Waals surface area contributed by atoms with Gasteiger partial charge in [0.2, 0.25) is 0 Å². The standard InChI is InChI=1S/C14H16O2/c1-10(15)13-4-3-5-14(13)11-6-8-12(16-2)9-7-11/h4,6-9,14H,3,5H2,1-2H3. The van der Waals surface area contributed by atoms with Gasteiger partial charge in [0, 0.05) is 5.92 Å². The number of hydrogen-bond donors (Lipinski definition) is 0. The molecule has 2 heteroatoms. The summed E-state index contributed by atoms with van der Waals surface area (Å²) in [6, 6.07) is 7.99. The molecule has 2 nitrogen and oxygen atoms in total. The Balaban J connectivity index is 2.24. The molecular weight excluding hydrogens is 200 g/mol. The summed E-state index contributed by atoms with van der Waals surface area (Å²) in [5.74, 6) is 1.33. The highest BCUT2D eigenvalue weighted by molar-refractivity contribution is 5.95. The molecule has 0 saturated heterocycles. The third kappa shape index (κ3) is 2.01. The molecule has 1 aliphatic carbocycles. The van der Waals surface area contributed by atoms with Crippen molar-refractivity contribution in [3.05, 3.63) is 41.5 Å². The summed E-state index contributed by atoms with van der Waals surface area (Å²) in [4.78, 5) is 11.5. The van der Waals surface area contributed by atoms with Gasteiger partial charge in [-0.1, -0.05) is 18.2 Å². The minimum Gasteiger partial charge on any atom is -0.497 e. The Kier molecular flexibility index (Phi) is 3.09. The summed E-state index contributed by atoms with van der Waals surface area (Å²) < 4.78 is 5.12. The lowest BCUT2D eigenvalue weighted by Gasteiger charge is -2.13.